The van der Waals surface area contributed by atoms with Crippen LogP contribution in [0.4, 0.5) is 37.7 Å². The Bertz CT molecular complexity index is 977. The van der Waals surface area contributed by atoms with Crippen LogP contribution in [-0.4, -0.2) is 44.5 Å². The summed E-state index contributed by atoms with van der Waals surface area (Å²) in [5, 5.41) is 6.40. The molecule has 34 heavy (non-hydrogen) atoms. The van der Waals surface area contributed by atoms with Gasteiger partial charge in [-0.1, -0.05) is 0 Å². The van der Waals surface area contributed by atoms with Gasteiger partial charge in [-0.3, -0.25) is 14.4 Å². The number of nitrogens with zero attached hydrogens (tertiary/aromatic N) is 1. The molecule has 0 aliphatic rings. The van der Waals surface area contributed by atoms with Crippen molar-refractivity contribution < 1.29 is 40.8 Å². The molecule has 188 valence electrons. The molecule has 0 unspecified atom stereocenters. The number of aldehydes is 1. The van der Waals surface area contributed by atoms with E-state index in [-0.39, 0.29) is 22.5 Å². The zero-order valence-electron chi connectivity index (χ0n) is 18.9. The van der Waals surface area contributed by atoms with Crippen molar-refractivity contribution in [3.05, 3.63) is 58.7 Å². The van der Waals surface area contributed by atoms with Gasteiger partial charge in [0.25, 0.3) is 5.91 Å². The summed E-state index contributed by atoms with van der Waals surface area (Å²) in [5.41, 5.74) is -0.873. The molecule has 2 aromatic rings. The first kappa shape index (κ1) is 28.8. The summed E-state index contributed by atoms with van der Waals surface area (Å²) >= 11 is 0. The first-order chi connectivity index (χ1) is 15.8. The number of carbonyl (C=O) groups excluding carboxylic acids is 2. The van der Waals surface area contributed by atoms with Crippen LogP contribution in [0.1, 0.15) is 45.7 Å². The standard InChI is InChI=1S/C12H15F3N2O2.C10H10F3NO/c1-4-16-10-7-8(12(13,14)15)5-6-9(10)11(18)17(2)19-3;1-2-14-9-5-8(10(11,12)13)4-3-7(9)6-15/h5-7,16H,4H2,1-3H3;3-6,14H,2H2,1H3. The lowest BCUT2D eigenvalue weighted by Crippen LogP contribution is -2.26. The number of rotatable bonds is 7. The molecule has 0 heterocycles. The number of anilines is 2. The van der Waals surface area contributed by atoms with Gasteiger partial charge in [-0.25, -0.2) is 5.06 Å². The van der Waals surface area contributed by atoms with Crippen LogP contribution in [0.5, 0.6) is 0 Å². The lowest BCUT2D eigenvalue weighted by atomic mass is 10.1. The van der Waals surface area contributed by atoms with Gasteiger partial charge in [0, 0.05) is 37.1 Å². The third-order valence-corrected chi connectivity index (χ3v) is 4.38. The second-order valence-electron chi connectivity index (χ2n) is 6.72. The van der Waals surface area contributed by atoms with E-state index < -0.39 is 29.4 Å². The molecule has 0 aliphatic carbocycles. The van der Waals surface area contributed by atoms with E-state index in [1.165, 1.54) is 14.2 Å². The van der Waals surface area contributed by atoms with Crippen molar-refractivity contribution in [2.24, 2.45) is 0 Å². The van der Waals surface area contributed by atoms with Crippen LogP contribution in [0.3, 0.4) is 0 Å². The Hall–Kier alpha value is -3.28. The summed E-state index contributed by atoms with van der Waals surface area (Å²) in [5.74, 6) is -0.521. The second kappa shape index (κ2) is 12.3. The maximum Gasteiger partial charge on any atom is 0.416 e. The highest BCUT2D eigenvalue weighted by molar-refractivity contribution is 5.99. The summed E-state index contributed by atoms with van der Waals surface area (Å²) in [6.07, 6.45) is -8.30. The lowest BCUT2D eigenvalue weighted by molar-refractivity contribution is -0.138. The van der Waals surface area contributed by atoms with E-state index in [9.17, 15) is 35.9 Å². The van der Waals surface area contributed by atoms with E-state index in [0.29, 0.717) is 19.4 Å². The number of amides is 1. The zero-order valence-corrected chi connectivity index (χ0v) is 18.9. The van der Waals surface area contributed by atoms with Crippen molar-refractivity contribution in [3.8, 4) is 0 Å². The van der Waals surface area contributed by atoms with Gasteiger partial charge in [0.2, 0.25) is 0 Å². The van der Waals surface area contributed by atoms with Crippen molar-refractivity contribution >= 4 is 23.6 Å². The Morgan fingerprint density at radius 3 is 1.82 bits per heavy atom. The fourth-order valence-corrected chi connectivity index (χ4v) is 2.68. The Labute approximate surface area is 192 Å². The van der Waals surface area contributed by atoms with Gasteiger partial charge in [-0.15, -0.1) is 0 Å². The number of hydrogen-bond acceptors (Lipinski definition) is 5. The molecule has 6 nitrogen and oxygen atoms in total. The number of benzene rings is 2. The molecule has 0 radical (unpaired) electrons. The van der Waals surface area contributed by atoms with Crippen molar-refractivity contribution in [1.82, 2.24) is 5.06 Å². The van der Waals surface area contributed by atoms with Crippen LogP contribution in [0.2, 0.25) is 0 Å². The van der Waals surface area contributed by atoms with Crippen LogP contribution in [-0.2, 0) is 17.2 Å². The number of halogens is 6. The molecule has 0 atom stereocenters. The summed E-state index contributed by atoms with van der Waals surface area (Å²) in [6.45, 7) is 4.34. The van der Waals surface area contributed by atoms with Crippen LogP contribution in [0.15, 0.2) is 36.4 Å². The SMILES string of the molecule is CCNc1cc(C(F)(F)F)ccc1C(=O)N(C)OC.CCNc1cc(C(F)(F)F)ccc1C=O. The summed E-state index contributed by atoms with van der Waals surface area (Å²) < 4.78 is 74.8. The molecule has 0 saturated carbocycles. The van der Waals surface area contributed by atoms with Crippen LogP contribution < -0.4 is 10.6 Å². The van der Waals surface area contributed by atoms with E-state index in [4.69, 9.17) is 4.84 Å². The maximum absolute atomic E-state index is 12.6. The first-order valence-electron chi connectivity index (χ1n) is 9.97. The van der Waals surface area contributed by atoms with Gasteiger partial charge in [0.1, 0.15) is 0 Å². The molecule has 2 N–H and O–H groups in total. The Morgan fingerprint density at radius 2 is 1.38 bits per heavy atom. The summed E-state index contributed by atoms with van der Waals surface area (Å²) in [7, 11) is 2.69. The minimum atomic E-state index is -4.45. The van der Waals surface area contributed by atoms with Gasteiger partial charge in [0.15, 0.2) is 6.29 Å². The normalized spacial score (nSPS) is 11.2. The number of hydrogen-bond donors (Lipinski definition) is 2. The predicted molar refractivity (Wildman–Crippen MR) is 116 cm³/mol. The minimum Gasteiger partial charge on any atom is -0.385 e. The second-order valence-corrected chi connectivity index (χ2v) is 6.72. The number of hydroxylamine groups is 2. The molecule has 0 bridgehead atoms. The number of carbonyl (C=O) groups is 2. The van der Waals surface area contributed by atoms with Crippen molar-refractivity contribution in [2.75, 3.05) is 37.9 Å². The number of alkyl halides is 6. The van der Waals surface area contributed by atoms with Crippen molar-refractivity contribution in [1.29, 1.82) is 0 Å². The monoisotopic (exact) mass is 493 g/mol. The predicted octanol–water partition coefficient (Wildman–Crippen LogP) is 5.72. The Balaban J connectivity index is 0.000000350. The molecule has 2 aromatic carbocycles. The molecule has 12 heteroatoms. The van der Waals surface area contributed by atoms with Gasteiger partial charge < -0.3 is 10.6 Å². The molecule has 0 aromatic heterocycles. The molecule has 0 fully saturated rings. The zero-order chi connectivity index (χ0) is 26.1. The van der Waals surface area contributed by atoms with Gasteiger partial charge in [-0.05, 0) is 50.2 Å². The Morgan fingerprint density at radius 1 is 0.912 bits per heavy atom. The van der Waals surface area contributed by atoms with E-state index in [1.54, 1.807) is 13.8 Å². The van der Waals surface area contributed by atoms with Gasteiger partial charge in [0.05, 0.1) is 23.8 Å². The third-order valence-electron chi connectivity index (χ3n) is 4.38. The molecular formula is C22H25F6N3O3. The molecular weight excluding hydrogens is 468 g/mol. The molecule has 1 amide bonds. The smallest absolute Gasteiger partial charge is 0.385 e. The van der Waals surface area contributed by atoms with Gasteiger partial charge in [-0.2, -0.15) is 26.3 Å². The van der Waals surface area contributed by atoms with E-state index in [2.05, 4.69) is 10.6 Å². The van der Waals surface area contributed by atoms with Crippen LogP contribution in [0.25, 0.3) is 0 Å². The summed E-state index contributed by atoms with van der Waals surface area (Å²) in [4.78, 5) is 27.2. The minimum absolute atomic E-state index is 0.124. The third kappa shape index (κ3) is 7.94. The Kier molecular flexibility index (Phi) is 10.4. The quantitative estimate of drug-likeness (QED) is 0.293. The molecule has 0 spiro atoms. The average Bonchev–Trinajstić information content (AvgIpc) is 2.77. The van der Waals surface area contributed by atoms with E-state index in [0.717, 1.165) is 41.5 Å². The highest BCUT2D eigenvalue weighted by Crippen LogP contribution is 2.33. The fourth-order valence-electron chi connectivity index (χ4n) is 2.68. The average molecular weight is 493 g/mol. The lowest BCUT2D eigenvalue weighted by Gasteiger charge is -2.18. The molecule has 2 rings (SSSR count). The maximum atomic E-state index is 12.6. The highest BCUT2D eigenvalue weighted by Gasteiger charge is 2.32. The fraction of sp³-hybridized carbons (Fsp3) is 0.364. The van der Waals surface area contributed by atoms with Crippen molar-refractivity contribution in [3.63, 3.8) is 0 Å². The van der Waals surface area contributed by atoms with E-state index in [1.807, 2.05) is 0 Å². The van der Waals surface area contributed by atoms with Gasteiger partial charge >= 0.3 is 12.4 Å². The number of nitrogens with one attached hydrogen (secondary N) is 2. The van der Waals surface area contributed by atoms with Crippen LogP contribution >= 0.6 is 0 Å². The highest BCUT2D eigenvalue weighted by atomic mass is 19.4. The molecule has 0 aliphatic heterocycles. The molecule has 0 saturated heterocycles. The van der Waals surface area contributed by atoms with Crippen LogP contribution in [0, 0.1) is 0 Å². The largest absolute Gasteiger partial charge is 0.416 e. The topological polar surface area (TPSA) is 70.7 Å². The first-order valence-corrected chi connectivity index (χ1v) is 9.97. The van der Waals surface area contributed by atoms with E-state index >= 15 is 0 Å². The van der Waals surface area contributed by atoms with Crippen molar-refractivity contribution in [2.45, 2.75) is 26.2 Å². The summed E-state index contributed by atoms with van der Waals surface area (Å²) in [6, 6.07) is 5.92.